The molecule has 3 atom stereocenters. The summed E-state index contributed by atoms with van der Waals surface area (Å²) in [6.45, 7) is 2.72. The van der Waals surface area contributed by atoms with Gasteiger partial charge in [0, 0.05) is 10.4 Å². The van der Waals surface area contributed by atoms with E-state index >= 15 is 0 Å². The first-order valence-corrected chi connectivity index (χ1v) is 9.01. The van der Waals surface area contributed by atoms with Crippen molar-refractivity contribution in [1.82, 2.24) is 0 Å². The highest BCUT2D eigenvalue weighted by atomic mass is 79.9. The summed E-state index contributed by atoms with van der Waals surface area (Å²) in [5.41, 5.74) is 3.85. The van der Waals surface area contributed by atoms with Crippen LogP contribution in [0.1, 0.15) is 36.4 Å². The highest BCUT2D eigenvalue weighted by molar-refractivity contribution is 9.10. The Morgan fingerprint density at radius 2 is 2.09 bits per heavy atom. The Morgan fingerprint density at radius 3 is 2.91 bits per heavy atom. The Bertz CT molecular complexity index is 755. The number of nitrogens with one attached hydrogen (secondary N) is 1. The van der Waals surface area contributed by atoms with Gasteiger partial charge in [0.25, 0.3) is 0 Å². The normalized spacial score (nSPS) is 24.7. The third kappa shape index (κ3) is 2.57. The Hall–Kier alpha value is -1.74. The second-order valence-electron chi connectivity index (χ2n) is 6.18. The van der Waals surface area contributed by atoms with E-state index < -0.39 is 0 Å². The van der Waals surface area contributed by atoms with Crippen molar-refractivity contribution in [2.24, 2.45) is 5.92 Å². The molecule has 0 aromatic heterocycles. The Kier molecular flexibility index (Phi) is 3.90. The molecule has 0 unspecified atom stereocenters. The Labute approximate surface area is 145 Å². The van der Waals surface area contributed by atoms with Crippen LogP contribution in [0.25, 0.3) is 0 Å². The second kappa shape index (κ2) is 6.04. The van der Waals surface area contributed by atoms with Crippen LogP contribution in [0.5, 0.6) is 5.75 Å². The molecule has 0 radical (unpaired) electrons. The van der Waals surface area contributed by atoms with Crippen molar-refractivity contribution in [3.63, 3.8) is 0 Å². The van der Waals surface area contributed by atoms with Crippen molar-refractivity contribution in [2.45, 2.75) is 25.3 Å². The number of fused-ring (bicyclic) bond motifs is 3. The molecular formula is C20H20BrNO. The van der Waals surface area contributed by atoms with E-state index in [0.717, 1.165) is 22.3 Å². The largest absolute Gasteiger partial charge is 0.492 e. The van der Waals surface area contributed by atoms with Gasteiger partial charge in [-0.25, -0.2) is 0 Å². The summed E-state index contributed by atoms with van der Waals surface area (Å²) in [6.07, 6.45) is 5.81. The van der Waals surface area contributed by atoms with Crippen LogP contribution in [-0.2, 0) is 0 Å². The van der Waals surface area contributed by atoms with Crippen LogP contribution < -0.4 is 10.1 Å². The molecular weight excluding hydrogens is 350 g/mol. The lowest BCUT2D eigenvalue weighted by molar-refractivity contribution is 0.337. The number of ether oxygens (including phenoxy) is 1. The van der Waals surface area contributed by atoms with Gasteiger partial charge in [0.15, 0.2) is 0 Å². The minimum Gasteiger partial charge on any atom is -0.492 e. The zero-order chi connectivity index (χ0) is 15.8. The standard InChI is InChI=1S/C20H20BrNO/c1-2-23-18-11-5-10-17-15-8-4-9-16(15)19(22-20(17)18)13-6-3-7-14(21)12-13/h3-8,10-12,15-16,19,22H,2,9H2,1H3/t15-,16+,19+/m0/s1. The molecule has 1 heterocycles. The van der Waals surface area contributed by atoms with Crippen LogP contribution in [0.15, 0.2) is 59.1 Å². The first-order chi connectivity index (χ1) is 11.3. The Balaban J connectivity index is 1.80. The smallest absolute Gasteiger partial charge is 0.142 e. The molecule has 118 valence electrons. The highest BCUT2D eigenvalue weighted by Crippen LogP contribution is 2.52. The van der Waals surface area contributed by atoms with E-state index in [1.165, 1.54) is 11.1 Å². The first kappa shape index (κ1) is 14.8. The molecule has 1 N–H and O–H groups in total. The molecule has 0 saturated carbocycles. The monoisotopic (exact) mass is 369 g/mol. The van der Waals surface area contributed by atoms with Gasteiger partial charge in [-0.15, -0.1) is 0 Å². The van der Waals surface area contributed by atoms with Gasteiger partial charge in [0.1, 0.15) is 5.75 Å². The zero-order valence-corrected chi connectivity index (χ0v) is 14.7. The molecule has 0 spiro atoms. The minimum absolute atomic E-state index is 0.307. The fourth-order valence-corrected chi connectivity index (χ4v) is 4.32. The maximum Gasteiger partial charge on any atom is 0.142 e. The maximum absolute atomic E-state index is 5.86. The maximum atomic E-state index is 5.86. The van der Waals surface area contributed by atoms with Crippen molar-refractivity contribution in [2.75, 3.05) is 11.9 Å². The number of rotatable bonds is 3. The third-order valence-electron chi connectivity index (χ3n) is 4.87. The average Bonchev–Trinajstić information content (AvgIpc) is 3.04. The van der Waals surface area contributed by atoms with Gasteiger partial charge in [0.2, 0.25) is 0 Å². The predicted octanol–water partition coefficient (Wildman–Crippen LogP) is 5.67. The molecule has 4 rings (SSSR count). The molecule has 0 amide bonds. The second-order valence-corrected chi connectivity index (χ2v) is 7.10. The molecule has 2 aliphatic rings. The summed E-state index contributed by atoms with van der Waals surface area (Å²) in [7, 11) is 0. The molecule has 1 aliphatic heterocycles. The summed E-state index contributed by atoms with van der Waals surface area (Å²) < 4.78 is 6.99. The lowest BCUT2D eigenvalue weighted by atomic mass is 9.77. The summed E-state index contributed by atoms with van der Waals surface area (Å²) in [5.74, 6) is 1.99. The van der Waals surface area contributed by atoms with E-state index in [2.05, 4.69) is 75.9 Å². The molecule has 2 nitrogen and oxygen atoms in total. The number of halogens is 1. The van der Waals surface area contributed by atoms with Gasteiger partial charge >= 0.3 is 0 Å². The van der Waals surface area contributed by atoms with E-state index in [9.17, 15) is 0 Å². The molecule has 0 bridgehead atoms. The van der Waals surface area contributed by atoms with Crippen molar-refractivity contribution in [3.8, 4) is 5.75 Å². The number of allylic oxidation sites excluding steroid dienone is 2. The van der Waals surface area contributed by atoms with Gasteiger partial charge in [-0.3, -0.25) is 0 Å². The van der Waals surface area contributed by atoms with Crippen molar-refractivity contribution in [1.29, 1.82) is 0 Å². The zero-order valence-electron chi connectivity index (χ0n) is 13.1. The van der Waals surface area contributed by atoms with Crippen molar-refractivity contribution >= 4 is 21.6 Å². The van der Waals surface area contributed by atoms with E-state index in [1.807, 2.05) is 6.92 Å². The van der Waals surface area contributed by atoms with Crippen LogP contribution >= 0.6 is 15.9 Å². The Morgan fingerprint density at radius 1 is 1.22 bits per heavy atom. The fourth-order valence-electron chi connectivity index (χ4n) is 3.90. The molecule has 1 aliphatic carbocycles. The summed E-state index contributed by atoms with van der Waals surface area (Å²) in [5, 5.41) is 3.78. The molecule has 23 heavy (non-hydrogen) atoms. The molecule has 2 aromatic rings. The number of benzene rings is 2. The SMILES string of the molecule is CCOc1cccc2c1N[C@H](c1cccc(Br)c1)[C@@H]1CC=C[C@H]21. The van der Waals surface area contributed by atoms with E-state index in [4.69, 9.17) is 4.74 Å². The first-order valence-electron chi connectivity index (χ1n) is 8.22. The summed E-state index contributed by atoms with van der Waals surface area (Å²) in [4.78, 5) is 0. The highest BCUT2D eigenvalue weighted by Gasteiger charge is 2.38. The van der Waals surface area contributed by atoms with Crippen LogP contribution in [0.4, 0.5) is 5.69 Å². The summed E-state index contributed by atoms with van der Waals surface area (Å²) >= 11 is 3.60. The van der Waals surface area contributed by atoms with Gasteiger partial charge in [-0.2, -0.15) is 0 Å². The number of anilines is 1. The predicted molar refractivity (Wildman–Crippen MR) is 98.1 cm³/mol. The molecule has 3 heteroatoms. The average molecular weight is 370 g/mol. The quantitative estimate of drug-likeness (QED) is 0.703. The van der Waals surface area contributed by atoms with Gasteiger partial charge in [-0.1, -0.05) is 52.3 Å². The van der Waals surface area contributed by atoms with Gasteiger partial charge in [0.05, 0.1) is 18.3 Å². The van der Waals surface area contributed by atoms with E-state index in [0.29, 0.717) is 24.5 Å². The number of para-hydroxylation sites is 1. The topological polar surface area (TPSA) is 21.3 Å². The third-order valence-corrected chi connectivity index (χ3v) is 5.36. The van der Waals surface area contributed by atoms with Gasteiger partial charge < -0.3 is 10.1 Å². The fraction of sp³-hybridized carbons (Fsp3) is 0.300. The molecule has 0 fully saturated rings. The van der Waals surface area contributed by atoms with E-state index in [-0.39, 0.29) is 0 Å². The lowest BCUT2D eigenvalue weighted by Gasteiger charge is -2.38. The molecule has 0 saturated heterocycles. The van der Waals surface area contributed by atoms with E-state index in [1.54, 1.807) is 0 Å². The minimum atomic E-state index is 0.307. The number of hydrogen-bond donors (Lipinski definition) is 1. The van der Waals surface area contributed by atoms with Crippen LogP contribution in [-0.4, -0.2) is 6.61 Å². The van der Waals surface area contributed by atoms with Gasteiger partial charge in [-0.05, 0) is 48.6 Å². The van der Waals surface area contributed by atoms with Crippen molar-refractivity contribution in [3.05, 3.63) is 70.2 Å². The van der Waals surface area contributed by atoms with Crippen LogP contribution in [0, 0.1) is 5.92 Å². The number of hydrogen-bond acceptors (Lipinski definition) is 2. The van der Waals surface area contributed by atoms with Crippen molar-refractivity contribution < 1.29 is 4.74 Å². The lowest BCUT2D eigenvalue weighted by Crippen LogP contribution is -2.29. The molecule has 2 aromatic carbocycles. The van der Waals surface area contributed by atoms with Crippen LogP contribution in [0.3, 0.4) is 0 Å². The summed E-state index contributed by atoms with van der Waals surface area (Å²) in [6, 6.07) is 15.3. The van der Waals surface area contributed by atoms with Crippen LogP contribution in [0.2, 0.25) is 0 Å².